The minimum Gasteiger partial charge on any atom is -0.454 e. The van der Waals surface area contributed by atoms with E-state index in [1.807, 2.05) is 25.9 Å². The quantitative estimate of drug-likeness (QED) is 0.569. The Morgan fingerprint density at radius 2 is 2.06 bits per heavy atom. The first-order valence-electron chi connectivity index (χ1n) is 11.5. The number of esters is 1. The van der Waals surface area contributed by atoms with E-state index in [0.717, 1.165) is 54.6 Å². The third kappa shape index (κ3) is 4.23. The number of anilines is 2. The van der Waals surface area contributed by atoms with E-state index in [1.165, 1.54) is 0 Å². The predicted molar refractivity (Wildman–Crippen MR) is 123 cm³/mol. The lowest BCUT2D eigenvalue weighted by Gasteiger charge is -2.39. The van der Waals surface area contributed by atoms with Gasteiger partial charge < -0.3 is 19.3 Å². The van der Waals surface area contributed by atoms with Crippen molar-refractivity contribution in [1.82, 2.24) is 19.7 Å². The van der Waals surface area contributed by atoms with Gasteiger partial charge in [-0.05, 0) is 25.3 Å². The highest BCUT2D eigenvalue weighted by molar-refractivity contribution is 7.85. The molecule has 2 aromatic heterocycles. The first-order valence-corrected chi connectivity index (χ1v) is 12.8. The van der Waals surface area contributed by atoms with Gasteiger partial charge in [0.2, 0.25) is 5.95 Å². The van der Waals surface area contributed by atoms with Gasteiger partial charge in [-0.3, -0.25) is 8.89 Å². The smallest absolute Gasteiger partial charge is 0.359 e. The molecule has 3 aliphatic rings. The molecule has 5 heterocycles. The molecule has 2 fully saturated rings. The predicted octanol–water partition coefficient (Wildman–Crippen LogP) is 1.10. The number of nitrogens with zero attached hydrogens (tertiary/aromatic N) is 6. The number of ether oxygens (including phenoxy) is 2. The fourth-order valence-corrected chi connectivity index (χ4v) is 6.00. The minimum atomic E-state index is -1.07. The molecule has 1 unspecified atom stereocenters. The van der Waals surface area contributed by atoms with E-state index in [1.54, 1.807) is 10.7 Å². The summed E-state index contributed by atoms with van der Waals surface area (Å²) < 4.78 is 25.5. The van der Waals surface area contributed by atoms with Crippen molar-refractivity contribution in [2.75, 3.05) is 48.9 Å². The number of aromatic nitrogens is 4. The van der Waals surface area contributed by atoms with Crippen molar-refractivity contribution in [3.8, 4) is 0 Å². The van der Waals surface area contributed by atoms with Crippen LogP contribution in [0.3, 0.4) is 0 Å². The second kappa shape index (κ2) is 9.02. The van der Waals surface area contributed by atoms with Crippen LogP contribution in [0.25, 0.3) is 0 Å². The van der Waals surface area contributed by atoms with E-state index in [2.05, 4.69) is 10.00 Å². The van der Waals surface area contributed by atoms with Gasteiger partial charge in [0.25, 0.3) is 0 Å². The van der Waals surface area contributed by atoms with Crippen LogP contribution in [0.15, 0.2) is 11.0 Å². The number of carbonyl (C=O) groups is 1. The molecular formula is C22H30N6O4S. The highest BCUT2D eigenvalue weighted by Crippen LogP contribution is 2.34. The highest BCUT2D eigenvalue weighted by Gasteiger charge is 2.36. The average Bonchev–Trinajstić information content (AvgIpc) is 3.37. The Bertz CT molecular complexity index is 1080. The van der Waals surface area contributed by atoms with Crippen molar-refractivity contribution in [1.29, 1.82) is 0 Å². The Hall–Kier alpha value is -2.53. The molecule has 178 valence electrons. The van der Waals surface area contributed by atoms with Crippen LogP contribution in [0.5, 0.6) is 0 Å². The van der Waals surface area contributed by atoms with E-state index < -0.39 is 16.8 Å². The molecule has 0 aliphatic carbocycles. The van der Waals surface area contributed by atoms with Gasteiger partial charge in [-0.1, -0.05) is 6.92 Å². The Morgan fingerprint density at radius 1 is 1.30 bits per heavy atom. The molecule has 2 saturated heterocycles. The second-order valence-electron chi connectivity index (χ2n) is 8.81. The third-order valence-corrected chi connectivity index (χ3v) is 8.13. The lowest BCUT2D eigenvalue weighted by Crippen LogP contribution is -2.54. The molecule has 0 aromatic carbocycles. The van der Waals surface area contributed by atoms with Crippen LogP contribution in [-0.2, 0) is 40.2 Å². The Labute approximate surface area is 195 Å². The first kappa shape index (κ1) is 22.3. The summed E-state index contributed by atoms with van der Waals surface area (Å²) in [4.78, 5) is 27.0. The molecule has 1 atom stereocenters. The Morgan fingerprint density at radius 3 is 2.76 bits per heavy atom. The fourth-order valence-electron chi connectivity index (χ4n) is 4.62. The third-order valence-electron chi connectivity index (χ3n) is 6.68. The summed E-state index contributed by atoms with van der Waals surface area (Å²) >= 11 is 0. The molecule has 10 nitrogen and oxygen atoms in total. The van der Waals surface area contributed by atoms with E-state index >= 15 is 0 Å². The minimum absolute atomic E-state index is 0.229. The van der Waals surface area contributed by atoms with Crippen molar-refractivity contribution in [2.45, 2.75) is 49.6 Å². The lowest BCUT2D eigenvalue weighted by molar-refractivity contribution is 0.0223. The van der Waals surface area contributed by atoms with Crippen molar-refractivity contribution >= 4 is 28.5 Å². The molecule has 33 heavy (non-hydrogen) atoms. The van der Waals surface area contributed by atoms with Crippen LogP contribution in [0.1, 0.15) is 41.6 Å². The summed E-state index contributed by atoms with van der Waals surface area (Å²) in [6.45, 7) is 4.54. The van der Waals surface area contributed by atoms with Crippen LogP contribution >= 0.6 is 0 Å². The zero-order valence-electron chi connectivity index (χ0n) is 19.3. The van der Waals surface area contributed by atoms with Gasteiger partial charge in [0.15, 0.2) is 11.5 Å². The van der Waals surface area contributed by atoms with Gasteiger partial charge in [0.05, 0.1) is 29.6 Å². The van der Waals surface area contributed by atoms with Crippen molar-refractivity contribution in [3.05, 3.63) is 23.1 Å². The number of rotatable bonds is 6. The van der Waals surface area contributed by atoms with Crippen molar-refractivity contribution < 1.29 is 18.5 Å². The molecule has 0 bridgehead atoms. The van der Waals surface area contributed by atoms with E-state index in [-0.39, 0.29) is 6.10 Å². The molecule has 0 spiro atoms. The zero-order chi connectivity index (χ0) is 23.1. The Balaban J connectivity index is 1.29. The molecule has 0 radical (unpaired) electrons. The Kier molecular flexibility index (Phi) is 6.09. The molecular weight excluding hydrogens is 444 g/mol. The zero-order valence-corrected chi connectivity index (χ0v) is 20.1. The van der Waals surface area contributed by atoms with E-state index in [9.17, 15) is 9.00 Å². The maximum absolute atomic E-state index is 12.7. The number of hydrogen-bond donors (Lipinski definition) is 0. The molecule has 2 aromatic rings. The summed E-state index contributed by atoms with van der Waals surface area (Å²) in [6.07, 6.45) is 3.11. The molecule has 3 aliphatic heterocycles. The summed E-state index contributed by atoms with van der Waals surface area (Å²) in [5, 5.41) is 4.25. The number of carbonyl (C=O) groups excluding carboxylic acids is 1. The van der Waals surface area contributed by atoms with Crippen molar-refractivity contribution in [3.63, 3.8) is 0 Å². The van der Waals surface area contributed by atoms with Crippen molar-refractivity contribution in [2.24, 2.45) is 7.05 Å². The van der Waals surface area contributed by atoms with E-state index in [0.29, 0.717) is 42.9 Å². The van der Waals surface area contributed by atoms with Gasteiger partial charge in [0.1, 0.15) is 11.0 Å². The second-order valence-corrected chi connectivity index (χ2v) is 10.3. The van der Waals surface area contributed by atoms with Crippen LogP contribution in [0.2, 0.25) is 0 Å². The monoisotopic (exact) mass is 474 g/mol. The molecule has 0 amide bonds. The van der Waals surface area contributed by atoms with Crippen LogP contribution in [-0.4, -0.2) is 81.2 Å². The first-order chi connectivity index (χ1) is 15.9. The molecule has 5 rings (SSSR count). The lowest BCUT2D eigenvalue weighted by atomic mass is 10.1. The van der Waals surface area contributed by atoms with Crippen LogP contribution < -0.4 is 9.80 Å². The van der Waals surface area contributed by atoms with Gasteiger partial charge in [-0.25, -0.2) is 9.78 Å². The molecule has 0 saturated carbocycles. The molecule has 0 N–H and O–H groups in total. The average molecular weight is 475 g/mol. The van der Waals surface area contributed by atoms with E-state index in [4.69, 9.17) is 19.4 Å². The van der Waals surface area contributed by atoms with Gasteiger partial charge in [-0.15, -0.1) is 0 Å². The maximum Gasteiger partial charge on any atom is 0.359 e. The van der Waals surface area contributed by atoms with Gasteiger partial charge in [-0.2, -0.15) is 10.1 Å². The number of aryl methyl sites for hydroxylation is 3. The topological polar surface area (TPSA) is 103 Å². The normalized spacial score (nSPS) is 21.1. The highest BCUT2D eigenvalue weighted by atomic mass is 32.2. The SMILES string of the molecule is CCc1cc(C(=O)OC2CN(c3nc4c(c(N(C)C5CCOCC5)n3)S(=O)CC4)C2)nn1C. The fraction of sp³-hybridized carbons (Fsp3) is 0.636. The number of hydrogen-bond acceptors (Lipinski definition) is 9. The summed E-state index contributed by atoms with van der Waals surface area (Å²) in [5.74, 6) is 1.56. The maximum atomic E-state index is 12.7. The molecule has 11 heteroatoms. The largest absolute Gasteiger partial charge is 0.454 e. The summed E-state index contributed by atoms with van der Waals surface area (Å²) in [5.41, 5.74) is 2.19. The summed E-state index contributed by atoms with van der Waals surface area (Å²) in [6, 6.07) is 2.08. The standard InChI is InChI=1S/C22H30N6O4S/c1-4-14-11-18(25-27(14)3)21(29)32-16-12-28(13-16)22-23-17-7-10-33(30)19(17)20(24-22)26(2)15-5-8-31-9-6-15/h11,15-16H,4-10,12-13H2,1-3H3. The van der Waals surface area contributed by atoms with Crippen LogP contribution in [0.4, 0.5) is 11.8 Å². The summed E-state index contributed by atoms with van der Waals surface area (Å²) in [7, 11) is 2.78. The van der Waals surface area contributed by atoms with Gasteiger partial charge >= 0.3 is 5.97 Å². The number of fused-ring (bicyclic) bond motifs is 1. The van der Waals surface area contributed by atoms with Crippen LogP contribution in [0, 0.1) is 0 Å². The van der Waals surface area contributed by atoms with Gasteiger partial charge in [0, 0.05) is 51.2 Å².